The van der Waals surface area contributed by atoms with E-state index in [1.807, 2.05) is 0 Å². The largest absolute Gasteiger partial charge is 0.488 e. The molecule has 0 fully saturated rings. The number of hydrogen-bond acceptors (Lipinski definition) is 7. The Hall–Kier alpha value is -4.16. The number of halogens is 2. The van der Waals surface area contributed by atoms with Crippen molar-refractivity contribution in [2.75, 3.05) is 25.2 Å². The highest BCUT2D eigenvalue weighted by Gasteiger charge is 2.31. The molecule has 1 aromatic heterocycles. The number of esters is 2. The maximum Gasteiger partial charge on any atom is 0.339 e. The van der Waals surface area contributed by atoms with E-state index in [4.69, 9.17) is 32.2 Å². The van der Waals surface area contributed by atoms with Gasteiger partial charge >= 0.3 is 11.9 Å². The molecule has 0 spiro atoms. The standard InChI is InChI=1S/C28H26ClFN2O6/c1-4-10-37-25-14-24(23(30)13-22(25)29)32(17-18-12-19(16-31-15-18)27(34)36-3)26(33)20-8-6-7-9-21(20)28(35)38-11-5-2/h2,4,12-16H,1,6-11,17H2,3H3. The van der Waals surface area contributed by atoms with Crippen LogP contribution in [0.5, 0.6) is 5.75 Å². The first-order valence-electron chi connectivity index (χ1n) is 11.7. The highest BCUT2D eigenvalue weighted by molar-refractivity contribution is 6.32. The highest BCUT2D eigenvalue weighted by Crippen LogP contribution is 2.36. The highest BCUT2D eigenvalue weighted by atomic mass is 35.5. The number of ether oxygens (including phenoxy) is 3. The number of hydrogen-bond donors (Lipinski definition) is 0. The van der Waals surface area contributed by atoms with E-state index >= 15 is 4.39 Å². The van der Waals surface area contributed by atoms with Crippen LogP contribution in [-0.4, -0.2) is 43.2 Å². The fourth-order valence-electron chi connectivity index (χ4n) is 3.96. The molecule has 1 aromatic carbocycles. The van der Waals surface area contributed by atoms with Gasteiger partial charge in [-0.05, 0) is 43.4 Å². The van der Waals surface area contributed by atoms with Crippen LogP contribution < -0.4 is 9.64 Å². The van der Waals surface area contributed by atoms with Gasteiger partial charge in [0.25, 0.3) is 5.91 Å². The van der Waals surface area contributed by atoms with E-state index in [2.05, 4.69) is 17.5 Å². The molecule has 0 unspecified atom stereocenters. The molecule has 2 aromatic rings. The number of aromatic nitrogens is 1. The number of rotatable bonds is 10. The Kier molecular flexibility index (Phi) is 10.0. The van der Waals surface area contributed by atoms with Crippen molar-refractivity contribution >= 4 is 35.1 Å². The number of anilines is 1. The van der Waals surface area contributed by atoms with Gasteiger partial charge in [-0.25, -0.2) is 14.0 Å². The van der Waals surface area contributed by atoms with Crippen molar-refractivity contribution in [1.29, 1.82) is 0 Å². The van der Waals surface area contributed by atoms with Crippen LogP contribution in [0.25, 0.3) is 0 Å². The van der Waals surface area contributed by atoms with Crippen molar-refractivity contribution in [1.82, 2.24) is 4.98 Å². The lowest BCUT2D eigenvalue weighted by Gasteiger charge is -2.28. The normalized spacial score (nSPS) is 12.8. The summed E-state index contributed by atoms with van der Waals surface area (Å²) in [6, 6.07) is 3.83. The maximum absolute atomic E-state index is 15.3. The summed E-state index contributed by atoms with van der Waals surface area (Å²) in [5.41, 5.74) is 0.812. The summed E-state index contributed by atoms with van der Waals surface area (Å²) in [4.78, 5) is 43.9. The van der Waals surface area contributed by atoms with Gasteiger partial charge in [0.1, 0.15) is 18.2 Å². The van der Waals surface area contributed by atoms with E-state index in [1.54, 1.807) is 0 Å². The molecule has 10 heteroatoms. The number of carbonyl (C=O) groups excluding carboxylic acids is 3. The fourth-order valence-corrected chi connectivity index (χ4v) is 4.17. The molecule has 0 saturated heterocycles. The fraction of sp³-hybridized carbons (Fsp3) is 0.286. The maximum atomic E-state index is 15.3. The van der Waals surface area contributed by atoms with Crippen LogP contribution >= 0.6 is 11.6 Å². The molecule has 38 heavy (non-hydrogen) atoms. The topological polar surface area (TPSA) is 95.0 Å². The Balaban J connectivity index is 2.13. The zero-order valence-corrected chi connectivity index (χ0v) is 21.6. The molecule has 1 aliphatic carbocycles. The van der Waals surface area contributed by atoms with Crippen LogP contribution in [0.4, 0.5) is 10.1 Å². The van der Waals surface area contributed by atoms with Crippen LogP contribution in [0, 0.1) is 18.2 Å². The second-order valence-corrected chi connectivity index (χ2v) is 8.65. The van der Waals surface area contributed by atoms with Crippen molar-refractivity contribution in [2.45, 2.75) is 32.2 Å². The Labute approximate surface area is 225 Å². The third kappa shape index (κ3) is 6.78. The lowest BCUT2D eigenvalue weighted by Crippen LogP contribution is -2.34. The molecular formula is C28H26ClFN2O6. The van der Waals surface area contributed by atoms with Gasteiger partial charge in [0.2, 0.25) is 0 Å². The van der Waals surface area contributed by atoms with Crippen molar-refractivity contribution in [3.05, 3.63) is 76.4 Å². The number of methoxy groups -OCH3 is 1. The summed E-state index contributed by atoms with van der Waals surface area (Å²) in [5, 5.41) is 0.00490. The molecule has 198 valence electrons. The zero-order chi connectivity index (χ0) is 27.7. The minimum absolute atomic E-state index is 0.00490. The lowest BCUT2D eigenvalue weighted by molar-refractivity contribution is -0.138. The average molecular weight is 541 g/mol. The van der Waals surface area contributed by atoms with Crippen LogP contribution in [0.3, 0.4) is 0 Å². The van der Waals surface area contributed by atoms with Gasteiger partial charge in [-0.3, -0.25) is 9.78 Å². The second kappa shape index (κ2) is 13.4. The Bertz CT molecular complexity index is 1320. The van der Waals surface area contributed by atoms with Crippen LogP contribution in [0.1, 0.15) is 41.6 Å². The number of terminal acetylenes is 1. The van der Waals surface area contributed by atoms with E-state index in [9.17, 15) is 14.4 Å². The number of amides is 1. The van der Waals surface area contributed by atoms with Gasteiger partial charge in [-0.2, -0.15) is 0 Å². The van der Waals surface area contributed by atoms with Gasteiger partial charge in [0.15, 0.2) is 6.61 Å². The molecule has 0 aliphatic heterocycles. The molecule has 8 nitrogen and oxygen atoms in total. The van der Waals surface area contributed by atoms with E-state index in [0.717, 1.165) is 11.0 Å². The van der Waals surface area contributed by atoms with Crippen LogP contribution in [0.15, 0.2) is 54.4 Å². The third-order valence-electron chi connectivity index (χ3n) is 5.71. The van der Waals surface area contributed by atoms with Gasteiger partial charge in [-0.15, -0.1) is 6.42 Å². The van der Waals surface area contributed by atoms with Crippen molar-refractivity contribution in [3.8, 4) is 18.1 Å². The molecule has 0 bridgehead atoms. The molecular weight excluding hydrogens is 515 g/mol. The predicted molar refractivity (Wildman–Crippen MR) is 139 cm³/mol. The van der Waals surface area contributed by atoms with Crippen LogP contribution in [0.2, 0.25) is 5.02 Å². The summed E-state index contributed by atoms with van der Waals surface area (Å²) in [6.45, 7) is 3.26. The minimum atomic E-state index is -0.792. The van der Waals surface area contributed by atoms with Gasteiger partial charge in [0.05, 0.1) is 29.9 Å². The molecule has 0 saturated carbocycles. The quantitative estimate of drug-likeness (QED) is 0.242. The smallest absolute Gasteiger partial charge is 0.339 e. The summed E-state index contributed by atoms with van der Waals surface area (Å²) in [7, 11) is 1.23. The summed E-state index contributed by atoms with van der Waals surface area (Å²) in [5.74, 6) is -0.354. The zero-order valence-electron chi connectivity index (χ0n) is 20.8. The van der Waals surface area contributed by atoms with Crippen molar-refractivity contribution in [2.24, 2.45) is 0 Å². The Morgan fingerprint density at radius 3 is 2.61 bits per heavy atom. The molecule has 1 amide bonds. The SMILES string of the molecule is C#CCOC(=O)C1=C(C(=O)N(Cc2cncc(C(=O)OC)c2)c2cc(OCC=C)c(Cl)cc2F)CCCC1. The van der Waals surface area contributed by atoms with Crippen LogP contribution in [-0.2, 0) is 25.6 Å². The summed E-state index contributed by atoms with van der Waals surface area (Å²) in [6.07, 6.45) is 11.4. The van der Waals surface area contributed by atoms with Crippen molar-refractivity contribution in [3.63, 3.8) is 0 Å². The summed E-state index contributed by atoms with van der Waals surface area (Å²) < 4.78 is 30.7. The molecule has 0 radical (unpaired) electrons. The van der Waals surface area contributed by atoms with Gasteiger partial charge in [0, 0.05) is 29.6 Å². The predicted octanol–water partition coefficient (Wildman–Crippen LogP) is 4.81. The first-order chi connectivity index (χ1) is 18.3. The van der Waals surface area contributed by atoms with E-state index in [1.165, 1.54) is 37.7 Å². The van der Waals surface area contributed by atoms with E-state index in [0.29, 0.717) is 24.8 Å². The number of pyridine rings is 1. The number of carbonyl (C=O) groups is 3. The molecule has 1 aliphatic rings. The first-order valence-corrected chi connectivity index (χ1v) is 12.1. The Morgan fingerprint density at radius 2 is 1.92 bits per heavy atom. The monoisotopic (exact) mass is 540 g/mol. The molecule has 0 N–H and O–H groups in total. The first kappa shape index (κ1) is 28.4. The lowest BCUT2D eigenvalue weighted by atomic mass is 9.90. The molecule has 1 heterocycles. The van der Waals surface area contributed by atoms with Gasteiger partial charge in [-0.1, -0.05) is 30.2 Å². The molecule has 3 rings (SSSR count). The number of nitrogens with zero attached hydrogens (tertiary/aromatic N) is 2. The Morgan fingerprint density at radius 1 is 1.18 bits per heavy atom. The van der Waals surface area contributed by atoms with E-state index in [-0.39, 0.29) is 59.3 Å². The minimum Gasteiger partial charge on any atom is -0.488 e. The van der Waals surface area contributed by atoms with E-state index < -0.39 is 23.7 Å². The average Bonchev–Trinajstić information content (AvgIpc) is 2.93. The summed E-state index contributed by atoms with van der Waals surface area (Å²) >= 11 is 6.16. The second-order valence-electron chi connectivity index (χ2n) is 8.24. The molecule has 0 atom stereocenters. The van der Waals surface area contributed by atoms with Crippen molar-refractivity contribution < 1.29 is 33.0 Å². The third-order valence-corrected chi connectivity index (χ3v) is 6.00. The van der Waals surface area contributed by atoms with Gasteiger partial charge < -0.3 is 19.1 Å². The number of benzene rings is 1.